The van der Waals surface area contributed by atoms with E-state index in [4.69, 9.17) is 4.42 Å². The summed E-state index contributed by atoms with van der Waals surface area (Å²) in [5.74, 6) is 0.822. The number of furan rings is 1. The lowest BCUT2D eigenvalue weighted by Gasteiger charge is -2.03. The van der Waals surface area contributed by atoms with Crippen molar-refractivity contribution in [3.63, 3.8) is 0 Å². The van der Waals surface area contributed by atoms with E-state index in [9.17, 15) is 9.59 Å². The molecule has 4 aromatic rings. The molecule has 3 aromatic heterocycles. The maximum Gasteiger partial charge on any atom is 0.352 e. The predicted octanol–water partition coefficient (Wildman–Crippen LogP) is 1.78. The highest BCUT2D eigenvalue weighted by atomic mass is 16.3. The standard InChI is InChI=1S/C19H17N5O3/c1-13-21-16(14-6-3-2-4-7-14)10-17-22-23(19(26)24(13)17)12-18(25)20-11-15-8-5-9-27-15/h2-10H,11-12H2,1H3,(H,20,25). The number of amides is 1. The molecule has 0 saturated carbocycles. The monoisotopic (exact) mass is 363 g/mol. The van der Waals surface area contributed by atoms with E-state index in [1.807, 2.05) is 30.3 Å². The zero-order valence-electron chi connectivity index (χ0n) is 14.6. The van der Waals surface area contributed by atoms with Crippen molar-refractivity contribution in [1.82, 2.24) is 24.5 Å². The van der Waals surface area contributed by atoms with Gasteiger partial charge in [0.2, 0.25) is 5.91 Å². The van der Waals surface area contributed by atoms with Crippen molar-refractivity contribution in [2.24, 2.45) is 0 Å². The number of hydrogen-bond donors (Lipinski definition) is 1. The second-order valence-corrected chi connectivity index (χ2v) is 6.04. The van der Waals surface area contributed by atoms with E-state index in [1.54, 1.807) is 25.1 Å². The van der Waals surface area contributed by atoms with Crippen molar-refractivity contribution in [3.05, 3.63) is 76.9 Å². The SMILES string of the molecule is Cc1nc(-c2ccccc2)cc2nn(CC(=O)NCc3ccco3)c(=O)n12. The molecule has 3 heterocycles. The van der Waals surface area contributed by atoms with Crippen molar-refractivity contribution in [2.45, 2.75) is 20.0 Å². The van der Waals surface area contributed by atoms with Gasteiger partial charge in [0.25, 0.3) is 0 Å². The Bertz CT molecular complexity index is 1140. The molecule has 0 aliphatic heterocycles. The molecular formula is C19H17N5O3. The summed E-state index contributed by atoms with van der Waals surface area (Å²) in [6.07, 6.45) is 1.54. The van der Waals surface area contributed by atoms with Crippen LogP contribution in [0, 0.1) is 6.92 Å². The molecule has 0 radical (unpaired) electrons. The van der Waals surface area contributed by atoms with E-state index in [2.05, 4.69) is 15.4 Å². The topological polar surface area (TPSA) is 94.4 Å². The Hall–Kier alpha value is -3.68. The smallest absolute Gasteiger partial charge is 0.352 e. The number of nitrogens with one attached hydrogen (secondary N) is 1. The lowest BCUT2D eigenvalue weighted by molar-refractivity contribution is -0.122. The second-order valence-electron chi connectivity index (χ2n) is 6.04. The average Bonchev–Trinajstić information content (AvgIpc) is 3.29. The Balaban J connectivity index is 1.60. The van der Waals surface area contributed by atoms with E-state index >= 15 is 0 Å². The van der Waals surface area contributed by atoms with Crippen molar-refractivity contribution >= 4 is 11.6 Å². The minimum absolute atomic E-state index is 0.179. The fraction of sp³-hybridized carbons (Fsp3) is 0.158. The first-order chi connectivity index (χ1) is 13.1. The van der Waals surface area contributed by atoms with Crippen LogP contribution in [0.15, 0.2) is 64.0 Å². The zero-order chi connectivity index (χ0) is 18.8. The zero-order valence-corrected chi connectivity index (χ0v) is 14.6. The molecule has 8 heteroatoms. The molecule has 8 nitrogen and oxygen atoms in total. The Morgan fingerprint density at radius 2 is 2.00 bits per heavy atom. The summed E-state index contributed by atoms with van der Waals surface area (Å²) >= 11 is 0. The third-order valence-electron chi connectivity index (χ3n) is 4.14. The summed E-state index contributed by atoms with van der Waals surface area (Å²) in [7, 11) is 0. The number of fused-ring (bicyclic) bond motifs is 1. The Kier molecular flexibility index (Phi) is 4.29. The highest BCUT2D eigenvalue weighted by molar-refractivity contribution is 5.75. The van der Waals surface area contributed by atoms with Crippen LogP contribution >= 0.6 is 0 Å². The van der Waals surface area contributed by atoms with E-state index < -0.39 is 5.69 Å². The second kappa shape index (κ2) is 6.91. The number of aryl methyl sites for hydroxylation is 1. The molecule has 0 fully saturated rings. The molecular weight excluding hydrogens is 346 g/mol. The van der Waals surface area contributed by atoms with Crippen LogP contribution in [0.3, 0.4) is 0 Å². The van der Waals surface area contributed by atoms with E-state index in [1.165, 1.54) is 10.7 Å². The van der Waals surface area contributed by atoms with Crippen LogP contribution in [-0.4, -0.2) is 25.1 Å². The summed E-state index contributed by atoms with van der Waals surface area (Å²) in [4.78, 5) is 29.2. The largest absolute Gasteiger partial charge is 0.467 e. The van der Waals surface area contributed by atoms with Gasteiger partial charge in [-0.2, -0.15) is 0 Å². The minimum Gasteiger partial charge on any atom is -0.467 e. The molecule has 0 bridgehead atoms. The fourth-order valence-corrected chi connectivity index (χ4v) is 2.85. The van der Waals surface area contributed by atoms with Crippen molar-refractivity contribution in [2.75, 3.05) is 0 Å². The molecule has 1 amide bonds. The molecule has 0 aliphatic rings. The van der Waals surface area contributed by atoms with E-state index in [0.29, 0.717) is 17.2 Å². The molecule has 1 aromatic carbocycles. The van der Waals surface area contributed by atoms with Crippen LogP contribution in [0.5, 0.6) is 0 Å². The predicted molar refractivity (Wildman–Crippen MR) is 98.0 cm³/mol. The van der Waals surface area contributed by atoms with Gasteiger partial charge >= 0.3 is 5.69 Å². The van der Waals surface area contributed by atoms with Gasteiger partial charge in [-0.1, -0.05) is 30.3 Å². The van der Waals surface area contributed by atoms with Crippen molar-refractivity contribution in [1.29, 1.82) is 0 Å². The minimum atomic E-state index is -0.400. The Morgan fingerprint density at radius 3 is 2.74 bits per heavy atom. The van der Waals surface area contributed by atoms with Crippen LogP contribution in [0.25, 0.3) is 16.9 Å². The van der Waals surface area contributed by atoms with Gasteiger partial charge in [0.1, 0.15) is 18.1 Å². The maximum atomic E-state index is 12.6. The first-order valence-electron chi connectivity index (χ1n) is 8.43. The highest BCUT2D eigenvalue weighted by Gasteiger charge is 2.14. The van der Waals surface area contributed by atoms with Gasteiger partial charge in [-0.3, -0.25) is 4.79 Å². The normalized spacial score (nSPS) is 11.0. The summed E-state index contributed by atoms with van der Waals surface area (Å²) in [6.45, 7) is 1.82. The molecule has 0 atom stereocenters. The third kappa shape index (κ3) is 3.37. The molecule has 4 rings (SSSR count). The molecule has 1 N–H and O–H groups in total. The number of carbonyl (C=O) groups excluding carboxylic acids is 1. The molecule has 0 spiro atoms. The highest BCUT2D eigenvalue weighted by Crippen LogP contribution is 2.18. The number of benzene rings is 1. The van der Waals surface area contributed by atoms with Crippen LogP contribution in [0.1, 0.15) is 11.6 Å². The van der Waals surface area contributed by atoms with Crippen molar-refractivity contribution in [3.8, 4) is 11.3 Å². The lowest BCUT2D eigenvalue weighted by Crippen LogP contribution is -2.32. The average molecular weight is 363 g/mol. The number of nitrogens with zero attached hydrogens (tertiary/aromatic N) is 4. The van der Waals surface area contributed by atoms with Gasteiger partial charge in [-0.05, 0) is 19.1 Å². The Morgan fingerprint density at radius 1 is 1.19 bits per heavy atom. The van der Waals surface area contributed by atoms with Gasteiger partial charge in [-0.25, -0.2) is 18.9 Å². The first kappa shape index (κ1) is 16.8. The van der Waals surface area contributed by atoms with E-state index in [-0.39, 0.29) is 19.0 Å². The quantitative estimate of drug-likeness (QED) is 0.583. The van der Waals surface area contributed by atoms with Crippen LogP contribution in [0.2, 0.25) is 0 Å². The summed E-state index contributed by atoms with van der Waals surface area (Å²) in [6, 6.07) is 14.9. The molecule has 136 valence electrons. The lowest BCUT2D eigenvalue weighted by atomic mass is 10.1. The summed E-state index contributed by atoms with van der Waals surface area (Å²) in [5.41, 5.74) is 1.70. The van der Waals surface area contributed by atoms with Gasteiger partial charge in [0.15, 0.2) is 5.65 Å². The van der Waals surface area contributed by atoms with Gasteiger partial charge in [0.05, 0.1) is 18.5 Å². The van der Waals surface area contributed by atoms with E-state index in [0.717, 1.165) is 15.9 Å². The number of carbonyl (C=O) groups is 1. The molecule has 0 saturated heterocycles. The molecule has 0 unspecified atom stereocenters. The maximum absolute atomic E-state index is 12.6. The molecule has 27 heavy (non-hydrogen) atoms. The fourth-order valence-electron chi connectivity index (χ4n) is 2.85. The molecule has 0 aliphatic carbocycles. The van der Waals surface area contributed by atoms with Crippen LogP contribution in [0.4, 0.5) is 0 Å². The van der Waals surface area contributed by atoms with Crippen LogP contribution in [-0.2, 0) is 17.9 Å². The summed E-state index contributed by atoms with van der Waals surface area (Å²) in [5, 5.41) is 6.99. The van der Waals surface area contributed by atoms with Gasteiger partial charge in [-0.15, -0.1) is 5.10 Å². The first-order valence-corrected chi connectivity index (χ1v) is 8.43. The van der Waals surface area contributed by atoms with Crippen molar-refractivity contribution < 1.29 is 9.21 Å². The van der Waals surface area contributed by atoms with Gasteiger partial charge < -0.3 is 9.73 Å². The van der Waals surface area contributed by atoms with Crippen LogP contribution < -0.4 is 11.0 Å². The number of hydrogen-bond acceptors (Lipinski definition) is 5. The third-order valence-corrected chi connectivity index (χ3v) is 4.14. The Labute approximate surface area is 154 Å². The van der Waals surface area contributed by atoms with Gasteiger partial charge in [0, 0.05) is 11.6 Å². The number of rotatable bonds is 5. The number of aromatic nitrogens is 4. The summed E-state index contributed by atoms with van der Waals surface area (Å²) < 4.78 is 7.70.